The molecule has 17 heavy (non-hydrogen) atoms. The Balaban J connectivity index is 2.82. The van der Waals surface area contributed by atoms with E-state index in [0.717, 1.165) is 17.3 Å². The number of benzene rings is 1. The second kappa shape index (κ2) is 6.04. The zero-order valence-electron chi connectivity index (χ0n) is 10.2. The Hall–Kier alpha value is -1.05. The predicted molar refractivity (Wildman–Crippen MR) is 71.9 cm³/mol. The van der Waals surface area contributed by atoms with Crippen molar-refractivity contribution >= 4 is 15.9 Å². The molecule has 0 unspecified atom stereocenters. The highest BCUT2D eigenvalue weighted by molar-refractivity contribution is 9.10. The van der Waals surface area contributed by atoms with Crippen LogP contribution in [0.15, 0.2) is 22.7 Å². The average molecular weight is 297 g/mol. The number of nitriles is 1. The minimum absolute atomic E-state index is 0.324. The maximum Gasteiger partial charge on any atom is 0.138 e. The van der Waals surface area contributed by atoms with Gasteiger partial charge < -0.3 is 10.5 Å². The first kappa shape index (κ1) is 14.0. The number of nitrogens with zero attached hydrogens (tertiary/aromatic N) is 1. The maximum atomic E-state index is 8.98. The van der Waals surface area contributed by atoms with Crippen LogP contribution >= 0.6 is 15.9 Å². The van der Waals surface area contributed by atoms with Crippen LogP contribution in [-0.2, 0) is 0 Å². The topological polar surface area (TPSA) is 59.0 Å². The summed E-state index contributed by atoms with van der Waals surface area (Å²) in [5, 5.41) is 8.98. The summed E-state index contributed by atoms with van der Waals surface area (Å²) in [5.74, 6) is 0.582. The van der Waals surface area contributed by atoms with Crippen LogP contribution in [-0.4, -0.2) is 12.1 Å². The van der Waals surface area contributed by atoms with Crippen LogP contribution in [0.5, 0.6) is 5.75 Å². The van der Waals surface area contributed by atoms with Crippen LogP contribution in [0, 0.1) is 11.3 Å². The van der Waals surface area contributed by atoms with Crippen molar-refractivity contribution in [3.8, 4) is 11.8 Å². The molecule has 0 spiro atoms. The van der Waals surface area contributed by atoms with Crippen molar-refractivity contribution in [2.24, 2.45) is 5.73 Å². The average Bonchev–Trinajstić information content (AvgIpc) is 2.36. The second-order valence-electron chi connectivity index (χ2n) is 4.11. The second-order valence-corrected chi connectivity index (χ2v) is 5.03. The van der Waals surface area contributed by atoms with Gasteiger partial charge in [-0.3, -0.25) is 0 Å². The molecule has 0 radical (unpaired) electrons. The molecule has 0 heterocycles. The van der Waals surface area contributed by atoms with Crippen LogP contribution in [0.4, 0.5) is 0 Å². The summed E-state index contributed by atoms with van der Waals surface area (Å²) in [6.07, 6.45) is 1.69. The van der Waals surface area contributed by atoms with Gasteiger partial charge >= 0.3 is 0 Å². The normalized spacial score (nSPS) is 11.0. The smallest absolute Gasteiger partial charge is 0.138 e. The molecular weight excluding hydrogens is 280 g/mol. The fraction of sp³-hybridized carbons (Fsp3) is 0.462. The molecular formula is C13H17BrN2O. The van der Waals surface area contributed by atoms with E-state index < -0.39 is 0 Å². The molecule has 3 nitrogen and oxygen atoms in total. The summed E-state index contributed by atoms with van der Waals surface area (Å²) >= 11 is 3.36. The highest BCUT2D eigenvalue weighted by atomic mass is 79.9. The van der Waals surface area contributed by atoms with E-state index in [1.165, 1.54) is 0 Å². The first-order valence-electron chi connectivity index (χ1n) is 5.66. The van der Waals surface area contributed by atoms with Gasteiger partial charge in [-0.1, -0.05) is 29.8 Å². The summed E-state index contributed by atoms with van der Waals surface area (Å²) in [6.45, 7) is 4.50. The summed E-state index contributed by atoms with van der Waals surface area (Å²) < 4.78 is 6.57. The van der Waals surface area contributed by atoms with E-state index in [9.17, 15) is 0 Å². The van der Waals surface area contributed by atoms with E-state index in [1.54, 1.807) is 12.1 Å². The van der Waals surface area contributed by atoms with Gasteiger partial charge in [0.2, 0.25) is 0 Å². The number of hydrogen-bond acceptors (Lipinski definition) is 3. The number of rotatable bonds is 5. The fourth-order valence-corrected chi connectivity index (χ4v) is 1.72. The molecule has 0 saturated heterocycles. The lowest BCUT2D eigenvalue weighted by Crippen LogP contribution is -2.44. The molecule has 1 aromatic rings. The lowest BCUT2D eigenvalue weighted by molar-refractivity contribution is 0.206. The van der Waals surface area contributed by atoms with Gasteiger partial charge in [0, 0.05) is 10.0 Å². The minimum atomic E-state index is -0.324. The molecule has 0 saturated carbocycles. The molecule has 0 aliphatic rings. The Morgan fingerprint density at radius 3 is 2.59 bits per heavy atom. The van der Waals surface area contributed by atoms with Crippen LogP contribution in [0.3, 0.4) is 0 Å². The monoisotopic (exact) mass is 296 g/mol. The van der Waals surface area contributed by atoms with Gasteiger partial charge in [-0.15, -0.1) is 0 Å². The zero-order valence-corrected chi connectivity index (χ0v) is 11.8. The Morgan fingerprint density at radius 1 is 1.41 bits per heavy atom. The largest absolute Gasteiger partial charge is 0.490 e. The molecule has 0 amide bonds. The third-order valence-electron chi connectivity index (χ3n) is 2.99. The minimum Gasteiger partial charge on any atom is -0.490 e. The molecule has 1 aromatic carbocycles. The summed E-state index contributed by atoms with van der Waals surface area (Å²) in [7, 11) is 0. The molecule has 0 aliphatic carbocycles. The van der Waals surface area contributed by atoms with Crippen molar-refractivity contribution in [1.82, 2.24) is 0 Å². The highest BCUT2D eigenvalue weighted by Gasteiger charge is 2.21. The van der Waals surface area contributed by atoms with Gasteiger partial charge in [0.25, 0.3) is 0 Å². The Morgan fingerprint density at radius 2 is 2.06 bits per heavy atom. The molecule has 2 N–H and O–H groups in total. The third kappa shape index (κ3) is 3.72. The van der Waals surface area contributed by atoms with Gasteiger partial charge in [-0.25, -0.2) is 0 Å². The summed E-state index contributed by atoms with van der Waals surface area (Å²) in [6, 6.07) is 7.46. The maximum absolute atomic E-state index is 8.98. The Labute approximate surface area is 111 Å². The van der Waals surface area contributed by atoms with Crippen LogP contribution in [0.2, 0.25) is 0 Å². The van der Waals surface area contributed by atoms with Crippen molar-refractivity contribution in [3.63, 3.8) is 0 Å². The van der Waals surface area contributed by atoms with E-state index in [4.69, 9.17) is 15.7 Å². The number of nitrogens with two attached hydrogens (primary N) is 1. The van der Waals surface area contributed by atoms with E-state index >= 15 is 0 Å². The van der Waals surface area contributed by atoms with Gasteiger partial charge in [0.1, 0.15) is 18.4 Å². The van der Waals surface area contributed by atoms with Crippen molar-refractivity contribution in [2.75, 3.05) is 6.61 Å². The zero-order chi connectivity index (χ0) is 12.9. The Kier molecular flexibility index (Phi) is 4.98. The van der Waals surface area contributed by atoms with Crippen molar-refractivity contribution in [2.45, 2.75) is 32.2 Å². The van der Waals surface area contributed by atoms with E-state index in [0.29, 0.717) is 17.9 Å². The molecule has 0 aliphatic heterocycles. The van der Waals surface area contributed by atoms with Crippen molar-refractivity contribution < 1.29 is 4.74 Å². The number of halogens is 1. The lowest BCUT2D eigenvalue weighted by atomic mass is 9.95. The van der Waals surface area contributed by atoms with Gasteiger partial charge in [0.05, 0.1) is 5.56 Å². The third-order valence-corrected chi connectivity index (χ3v) is 3.48. The SMILES string of the molecule is CCC(N)(CC)COc1cc(Br)ccc1C#N. The molecule has 0 fully saturated rings. The van der Waals surface area contributed by atoms with Gasteiger partial charge in [-0.2, -0.15) is 5.26 Å². The van der Waals surface area contributed by atoms with E-state index in [2.05, 4.69) is 22.0 Å². The standard InChI is InChI=1S/C13H17BrN2O/c1-3-13(16,4-2)9-17-12-7-11(14)6-5-10(12)8-15/h5-7H,3-4,9,16H2,1-2H3. The molecule has 1 rings (SSSR count). The van der Waals surface area contributed by atoms with Gasteiger partial charge in [-0.05, 0) is 31.0 Å². The highest BCUT2D eigenvalue weighted by Crippen LogP contribution is 2.24. The first-order valence-corrected chi connectivity index (χ1v) is 6.45. The summed E-state index contributed by atoms with van der Waals surface area (Å²) in [4.78, 5) is 0. The quantitative estimate of drug-likeness (QED) is 0.907. The van der Waals surface area contributed by atoms with Crippen LogP contribution < -0.4 is 10.5 Å². The molecule has 0 aromatic heterocycles. The number of hydrogen-bond donors (Lipinski definition) is 1. The molecule has 92 valence electrons. The number of ether oxygens (including phenoxy) is 1. The van der Waals surface area contributed by atoms with Gasteiger partial charge in [0.15, 0.2) is 0 Å². The molecule has 0 bridgehead atoms. The molecule has 0 atom stereocenters. The van der Waals surface area contributed by atoms with E-state index in [1.807, 2.05) is 19.9 Å². The van der Waals surface area contributed by atoms with E-state index in [-0.39, 0.29) is 5.54 Å². The fourth-order valence-electron chi connectivity index (χ4n) is 1.38. The van der Waals surface area contributed by atoms with Crippen molar-refractivity contribution in [3.05, 3.63) is 28.2 Å². The Bertz CT molecular complexity index is 422. The van der Waals surface area contributed by atoms with Crippen molar-refractivity contribution in [1.29, 1.82) is 5.26 Å². The van der Waals surface area contributed by atoms with Crippen LogP contribution in [0.25, 0.3) is 0 Å². The molecule has 4 heteroatoms. The van der Waals surface area contributed by atoms with Crippen LogP contribution in [0.1, 0.15) is 32.3 Å². The lowest BCUT2D eigenvalue weighted by Gasteiger charge is -2.26. The summed E-state index contributed by atoms with van der Waals surface area (Å²) in [5.41, 5.74) is 6.36. The predicted octanol–water partition coefficient (Wildman–Crippen LogP) is 3.22. The first-order chi connectivity index (χ1) is 8.04.